The summed E-state index contributed by atoms with van der Waals surface area (Å²) in [6.45, 7) is 1.12. The van der Waals surface area contributed by atoms with Crippen molar-refractivity contribution in [2.24, 2.45) is 10.3 Å². The van der Waals surface area contributed by atoms with Gasteiger partial charge in [-0.1, -0.05) is 18.2 Å². The number of piperidine rings is 1. The third kappa shape index (κ3) is 3.49. The second-order valence-corrected chi connectivity index (χ2v) is 8.78. The predicted molar refractivity (Wildman–Crippen MR) is 109 cm³/mol. The zero-order valence-corrected chi connectivity index (χ0v) is 16.8. The second kappa shape index (κ2) is 7.33. The lowest BCUT2D eigenvalue weighted by molar-refractivity contribution is -0.123. The number of fused-ring (bicyclic) bond motifs is 1. The Balaban J connectivity index is 1.46. The summed E-state index contributed by atoms with van der Waals surface area (Å²) in [4.78, 5) is 16.7. The fourth-order valence-corrected chi connectivity index (χ4v) is 5.07. The largest absolute Gasteiger partial charge is 0.355 e. The van der Waals surface area contributed by atoms with Crippen molar-refractivity contribution in [2.45, 2.75) is 17.7 Å². The number of likely N-dealkylation sites (tertiary alicyclic amines) is 1. The Morgan fingerprint density at radius 1 is 1.17 bits per heavy atom. The van der Waals surface area contributed by atoms with E-state index in [1.807, 2.05) is 11.0 Å². The highest BCUT2D eigenvalue weighted by atomic mass is 32.2. The molecule has 0 aromatic heterocycles. The topological polar surface area (TPSA) is 93.8 Å². The number of anilines is 1. The summed E-state index contributed by atoms with van der Waals surface area (Å²) in [5.41, 5.74) is 1.83. The number of hydrogen-bond acceptors (Lipinski definition) is 5. The molecule has 0 bridgehead atoms. The van der Waals surface area contributed by atoms with Gasteiger partial charge in [0.15, 0.2) is 5.84 Å². The first-order chi connectivity index (χ1) is 13.9. The SMILES string of the molecule is CN(C(=O)C1CCN(C2=NS(=O)(=O)c3ccccc32)CC1)c1cccc(C#N)c1. The first-order valence-corrected chi connectivity index (χ1v) is 10.8. The lowest BCUT2D eigenvalue weighted by Gasteiger charge is -2.34. The molecular weight excluding hydrogens is 388 g/mol. The minimum atomic E-state index is -3.65. The van der Waals surface area contributed by atoms with Crippen LogP contribution in [0.1, 0.15) is 24.0 Å². The van der Waals surface area contributed by atoms with Crippen molar-refractivity contribution in [3.05, 3.63) is 59.7 Å². The van der Waals surface area contributed by atoms with Crippen LogP contribution in [0.25, 0.3) is 0 Å². The van der Waals surface area contributed by atoms with Crippen LogP contribution in [0.5, 0.6) is 0 Å². The van der Waals surface area contributed by atoms with Crippen LogP contribution in [0.2, 0.25) is 0 Å². The zero-order chi connectivity index (χ0) is 20.6. The van der Waals surface area contributed by atoms with Gasteiger partial charge in [0.2, 0.25) is 5.91 Å². The molecule has 2 aromatic rings. The summed E-state index contributed by atoms with van der Waals surface area (Å²) in [6.07, 6.45) is 1.23. The third-order valence-electron chi connectivity index (χ3n) is 5.45. The second-order valence-electron chi connectivity index (χ2n) is 7.21. The van der Waals surface area contributed by atoms with E-state index in [0.29, 0.717) is 48.6 Å². The van der Waals surface area contributed by atoms with E-state index >= 15 is 0 Å². The maximum Gasteiger partial charge on any atom is 0.285 e. The van der Waals surface area contributed by atoms with E-state index in [4.69, 9.17) is 5.26 Å². The van der Waals surface area contributed by atoms with Gasteiger partial charge < -0.3 is 9.80 Å². The molecular formula is C21H20N4O3S. The Hall–Kier alpha value is -3.18. The van der Waals surface area contributed by atoms with Gasteiger partial charge in [0.05, 0.1) is 11.6 Å². The van der Waals surface area contributed by atoms with E-state index in [9.17, 15) is 13.2 Å². The molecule has 8 heteroatoms. The van der Waals surface area contributed by atoms with Gasteiger partial charge in [-0.15, -0.1) is 4.40 Å². The Morgan fingerprint density at radius 3 is 2.62 bits per heavy atom. The number of rotatable bonds is 2. The number of hydrogen-bond donors (Lipinski definition) is 0. The van der Waals surface area contributed by atoms with Gasteiger partial charge in [0.1, 0.15) is 4.90 Å². The van der Waals surface area contributed by atoms with Crippen LogP contribution in [0.15, 0.2) is 57.8 Å². The van der Waals surface area contributed by atoms with Gasteiger partial charge in [-0.3, -0.25) is 4.79 Å². The monoisotopic (exact) mass is 408 g/mol. The molecule has 0 N–H and O–H groups in total. The van der Waals surface area contributed by atoms with Crippen LogP contribution in [0.3, 0.4) is 0 Å². The molecule has 0 radical (unpaired) electrons. The van der Waals surface area contributed by atoms with Crippen LogP contribution in [-0.2, 0) is 14.8 Å². The van der Waals surface area contributed by atoms with Crippen molar-refractivity contribution in [1.82, 2.24) is 4.90 Å². The number of nitrogens with zero attached hydrogens (tertiary/aromatic N) is 4. The minimum absolute atomic E-state index is 0.00104. The standard InChI is InChI=1S/C21H20N4O3S/c1-24(17-6-4-5-15(13-17)14-22)21(26)16-9-11-25(12-10-16)20-18-7-2-3-8-19(18)29(27,28)23-20/h2-8,13,16H,9-12H2,1H3. The molecule has 4 rings (SSSR count). The summed E-state index contributed by atoms with van der Waals surface area (Å²) in [7, 11) is -1.93. The van der Waals surface area contributed by atoms with Crippen LogP contribution in [0.4, 0.5) is 5.69 Å². The molecule has 0 aliphatic carbocycles. The summed E-state index contributed by atoms with van der Waals surface area (Å²) < 4.78 is 28.5. The normalized spacial score (nSPS) is 17.9. The van der Waals surface area contributed by atoms with E-state index < -0.39 is 10.0 Å². The lowest BCUT2D eigenvalue weighted by atomic mass is 9.94. The third-order valence-corrected chi connectivity index (χ3v) is 6.77. The molecule has 0 spiro atoms. The van der Waals surface area contributed by atoms with Crippen molar-refractivity contribution in [1.29, 1.82) is 5.26 Å². The molecule has 1 amide bonds. The number of sulfonamides is 1. The molecule has 148 valence electrons. The first kappa shape index (κ1) is 19.2. The molecule has 1 fully saturated rings. The number of nitriles is 1. The smallest absolute Gasteiger partial charge is 0.285 e. The molecule has 0 atom stereocenters. The molecule has 2 aromatic carbocycles. The van der Waals surface area contributed by atoms with Gasteiger partial charge in [0, 0.05) is 37.3 Å². The maximum absolute atomic E-state index is 12.9. The highest BCUT2D eigenvalue weighted by molar-refractivity contribution is 7.90. The van der Waals surface area contributed by atoms with Gasteiger partial charge >= 0.3 is 0 Å². The van der Waals surface area contributed by atoms with Crippen LogP contribution < -0.4 is 4.90 Å². The van der Waals surface area contributed by atoms with E-state index in [0.717, 1.165) is 0 Å². The van der Waals surface area contributed by atoms with Gasteiger partial charge in [-0.2, -0.15) is 13.7 Å². The first-order valence-electron chi connectivity index (χ1n) is 9.38. The Morgan fingerprint density at radius 2 is 1.90 bits per heavy atom. The molecule has 2 heterocycles. The Kier molecular flexibility index (Phi) is 4.84. The molecule has 2 aliphatic heterocycles. The molecule has 1 saturated heterocycles. The van der Waals surface area contributed by atoms with Gasteiger partial charge in [-0.25, -0.2) is 0 Å². The average molecular weight is 408 g/mol. The van der Waals surface area contributed by atoms with E-state index in [-0.39, 0.29) is 16.7 Å². The summed E-state index contributed by atoms with van der Waals surface area (Å²) in [5, 5.41) is 9.06. The van der Waals surface area contributed by atoms with Gasteiger partial charge in [-0.05, 0) is 43.2 Å². The zero-order valence-electron chi connectivity index (χ0n) is 15.9. The number of carbonyl (C=O) groups excluding carboxylic acids is 1. The van der Waals surface area contributed by atoms with E-state index in [2.05, 4.69) is 10.5 Å². The van der Waals surface area contributed by atoms with Crippen LogP contribution >= 0.6 is 0 Å². The molecule has 29 heavy (non-hydrogen) atoms. The fourth-order valence-electron chi connectivity index (χ4n) is 3.84. The summed E-state index contributed by atoms with van der Waals surface area (Å²) >= 11 is 0. The molecule has 7 nitrogen and oxygen atoms in total. The Labute approximate surface area is 169 Å². The van der Waals surface area contributed by atoms with E-state index in [1.165, 1.54) is 0 Å². The molecule has 2 aliphatic rings. The van der Waals surface area contributed by atoms with Gasteiger partial charge in [0.25, 0.3) is 10.0 Å². The number of benzene rings is 2. The van der Waals surface area contributed by atoms with E-state index in [1.54, 1.807) is 54.4 Å². The van der Waals surface area contributed by atoms with Crippen LogP contribution in [0, 0.1) is 17.2 Å². The van der Waals surface area contributed by atoms with Crippen molar-refractivity contribution in [3.63, 3.8) is 0 Å². The van der Waals surface area contributed by atoms with Crippen molar-refractivity contribution >= 4 is 27.5 Å². The number of amidine groups is 1. The summed E-state index contributed by atoms with van der Waals surface area (Å²) in [5.74, 6) is 0.318. The molecule has 0 saturated carbocycles. The minimum Gasteiger partial charge on any atom is -0.355 e. The summed E-state index contributed by atoms with van der Waals surface area (Å²) in [6, 6.07) is 15.9. The van der Waals surface area contributed by atoms with Crippen molar-refractivity contribution in [3.8, 4) is 6.07 Å². The number of amides is 1. The van der Waals surface area contributed by atoms with Crippen molar-refractivity contribution < 1.29 is 13.2 Å². The maximum atomic E-state index is 12.9. The highest BCUT2D eigenvalue weighted by Gasteiger charge is 2.35. The Bertz CT molecular complexity index is 1140. The average Bonchev–Trinajstić information content (AvgIpc) is 3.04. The highest BCUT2D eigenvalue weighted by Crippen LogP contribution is 2.30. The fraction of sp³-hybridized carbons (Fsp3) is 0.286. The lowest BCUT2D eigenvalue weighted by Crippen LogP contribution is -2.43. The number of carbonyl (C=O) groups is 1. The quantitative estimate of drug-likeness (QED) is 0.761. The van der Waals surface area contributed by atoms with Crippen LogP contribution in [-0.4, -0.2) is 45.2 Å². The van der Waals surface area contributed by atoms with Crippen molar-refractivity contribution in [2.75, 3.05) is 25.0 Å². The molecule has 0 unspecified atom stereocenters. The predicted octanol–water partition coefficient (Wildman–Crippen LogP) is 2.38.